The molecular formula is C22H13F2N3O4. The molecule has 1 atom stereocenters. The molecule has 0 aliphatic carbocycles. The smallest absolute Gasteiger partial charge is 0.261 e. The number of nitriles is 1. The molecule has 3 amide bonds. The molecule has 0 fully saturated rings. The lowest BCUT2D eigenvalue weighted by atomic mass is 10.0. The first-order chi connectivity index (χ1) is 14.9. The summed E-state index contributed by atoms with van der Waals surface area (Å²) in [6, 6.07) is 10.2. The Balaban J connectivity index is 1.56. The van der Waals surface area contributed by atoms with Gasteiger partial charge in [0.25, 0.3) is 17.7 Å². The van der Waals surface area contributed by atoms with Crippen molar-refractivity contribution in [2.75, 3.05) is 0 Å². The summed E-state index contributed by atoms with van der Waals surface area (Å²) >= 11 is 0. The van der Waals surface area contributed by atoms with Crippen LogP contribution < -0.4 is 5.32 Å². The van der Waals surface area contributed by atoms with Crippen LogP contribution in [0.5, 0.6) is 0 Å². The van der Waals surface area contributed by atoms with E-state index < -0.39 is 35.4 Å². The van der Waals surface area contributed by atoms with Crippen LogP contribution in [0.1, 0.15) is 48.4 Å². The van der Waals surface area contributed by atoms with Crippen molar-refractivity contribution in [3.05, 3.63) is 94.4 Å². The number of imide groups is 1. The van der Waals surface area contributed by atoms with Gasteiger partial charge < -0.3 is 9.73 Å². The van der Waals surface area contributed by atoms with Gasteiger partial charge in [0.1, 0.15) is 23.4 Å². The SMILES string of the molecule is N#CC(NC(=O)c1ccc2c(c1)C(=O)N(Cc1ccco1)C2=O)c1ccc(F)cc1F. The van der Waals surface area contributed by atoms with Crippen LogP contribution in [0.4, 0.5) is 8.78 Å². The van der Waals surface area contributed by atoms with E-state index in [1.54, 1.807) is 18.2 Å². The minimum atomic E-state index is -1.38. The minimum absolute atomic E-state index is 0.00233. The molecule has 154 valence electrons. The van der Waals surface area contributed by atoms with Crippen molar-refractivity contribution in [2.24, 2.45) is 0 Å². The average Bonchev–Trinajstić information content (AvgIpc) is 3.35. The van der Waals surface area contributed by atoms with E-state index in [-0.39, 0.29) is 28.8 Å². The molecule has 2 heterocycles. The van der Waals surface area contributed by atoms with Crippen molar-refractivity contribution in [3.8, 4) is 6.07 Å². The molecule has 1 N–H and O–H groups in total. The van der Waals surface area contributed by atoms with Crippen LogP contribution in [0.25, 0.3) is 0 Å². The van der Waals surface area contributed by atoms with Crippen LogP contribution in [0.15, 0.2) is 59.2 Å². The normalized spacial score (nSPS) is 13.6. The van der Waals surface area contributed by atoms with E-state index in [4.69, 9.17) is 4.42 Å². The van der Waals surface area contributed by atoms with E-state index in [1.807, 2.05) is 0 Å². The lowest BCUT2D eigenvalue weighted by molar-refractivity contribution is 0.0631. The number of rotatable bonds is 5. The van der Waals surface area contributed by atoms with E-state index in [1.165, 1.54) is 24.5 Å². The number of hydrogen-bond acceptors (Lipinski definition) is 5. The predicted octanol–water partition coefficient (Wildman–Crippen LogP) is 3.35. The molecule has 2 aromatic carbocycles. The van der Waals surface area contributed by atoms with Crippen molar-refractivity contribution in [1.29, 1.82) is 5.26 Å². The number of amides is 3. The summed E-state index contributed by atoms with van der Waals surface area (Å²) in [5.41, 5.74) is -0.0306. The fraction of sp³-hybridized carbons (Fsp3) is 0.0909. The Morgan fingerprint density at radius 1 is 1.10 bits per heavy atom. The number of fused-ring (bicyclic) bond motifs is 1. The molecule has 7 nitrogen and oxygen atoms in total. The molecule has 0 saturated carbocycles. The summed E-state index contributed by atoms with van der Waals surface area (Å²) < 4.78 is 32.3. The van der Waals surface area contributed by atoms with Crippen LogP contribution in [0, 0.1) is 23.0 Å². The number of furan rings is 1. The van der Waals surface area contributed by atoms with Crippen molar-refractivity contribution in [3.63, 3.8) is 0 Å². The summed E-state index contributed by atoms with van der Waals surface area (Å²) in [6.45, 7) is -0.0543. The van der Waals surface area contributed by atoms with Crippen molar-refractivity contribution in [1.82, 2.24) is 10.2 Å². The van der Waals surface area contributed by atoms with E-state index >= 15 is 0 Å². The van der Waals surface area contributed by atoms with E-state index in [0.717, 1.165) is 17.0 Å². The largest absolute Gasteiger partial charge is 0.467 e. The predicted molar refractivity (Wildman–Crippen MR) is 102 cm³/mol. The van der Waals surface area contributed by atoms with Crippen LogP contribution in [-0.2, 0) is 6.54 Å². The summed E-state index contributed by atoms with van der Waals surface area (Å²) in [7, 11) is 0. The Morgan fingerprint density at radius 2 is 1.87 bits per heavy atom. The molecule has 1 aliphatic heterocycles. The van der Waals surface area contributed by atoms with E-state index in [9.17, 15) is 28.4 Å². The number of nitrogens with one attached hydrogen (secondary N) is 1. The minimum Gasteiger partial charge on any atom is -0.467 e. The maximum atomic E-state index is 14.0. The number of benzene rings is 2. The van der Waals surface area contributed by atoms with Gasteiger partial charge in [0, 0.05) is 17.2 Å². The van der Waals surface area contributed by atoms with Crippen LogP contribution in [0.3, 0.4) is 0 Å². The highest BCUT2D eigenvalue weighted by atomic mass is 19.1. The van der Waals surface area contributed by atoms with Crippen molar-refractivity contribution in [2.45, 2.75) is 12.6 Å². The van der Waals surface area contributed by atoms with Gasteiger partial charge in [0.2, 0.25) is 0 Å². The monoisotopic (exact) mass is 421 g/mol. The second-order valence-electron chi connectivity index (χ2n) is 6.74. The molecule has 1 aromatic heterocycles. The molecule has 1 aliphatic rings. The van der Waals surface area contributed by atoms with Gasteiger partial charge in [-0.1, -0.05) is 6.07 Å². The van der Waals surface area contributed by atoms with Gasteiger partial charge in [-0.15, -0.1) is 0 Å². The van der Waals surface area contributed by atoms with Gasteiger partial charge in [-0.25, -0.2) is 8.78 Å². The molecule has 31 heavy (non-hydrogen) atoms. The van der Waals surface area contributed by atoms with Gasteiger partial charge in [-0.2, -0.15) is 5.26 Å². The zero-order valence-electron chi connectivity index (χ0n) is 15.8. The number of carbonyl (C=O) groups excluding carboxylic acids is 3. The number of carbonyl (C=O) groups is 3. The molecule has 1 unspecified atom stereocenters. The van der Waals surface area contributed by atoms with Crippen molar-refractivity contribution < 1.29 is 27.6 Å². The highest BCUT2D eigenvalue weighted by Gasteiger charge is 2.36. The lowest BCUT2D eigenvalue weighted by Gasteiger charge is -2.13. The zero-order chi connectivity index (χ0) is 22.1. The Morgan fingerprint density at radius 3 is 2.55 bits per heavy atom. The fourth-order valence-electron chi connectivity index (χ4n) is 3.26. The third-order valence-electron chi connectivity index (χ3n) is 4.80. The van der Waals surface area contributed by atoms with E-state index in [2.05, 4.69) is 5.32 Å². The molecule has 0 saturated heterocycles. The lowest BCUT2D eigenvalue weighted by Crippen LogP contribution is -2.29. The number of nitrogens with zero attached hydrogens (tertiary/aromatic N) is 2. The topological polar surface area (TPSA) is 103 Å². The Bertz CT molecular complexity index is 1250. The summed E-state index contributed by atoms with van der Waals surface area (Å²) in [5.74, 6) is -3.24. The van der Waals surface area contributed by atoms with Gasteiger partial charge in [-0.3, -0.25) is 19.3 Å². The quantitative estimate of drug-likeness (QED) is 0.637. The van der Waals surface area contributed by atoms with Gasteiger partial charge in [0.15, 0.2) is 0 Å². The number of hydrogen-bond donors (Lipinski definition) is 1. The Kier molecular flexibility index (Phi) is 5.05. The highest BCUT2D eigenvalue weighted by Crippen LogP contribution is 2.26. The maximum absolute atomic E-state index is 14.0. The Labute approximate surface area is 174 Å². The molecule has 3 aromatic rings. The molecule has 0 radical (unpaired) electrons. The van der Waals surface area contributed by atoms with Gasteiger partial charge in [0.05, 0.1) is 30.0 Å². The molecule has 4 rings (SSSR count). The standard InChI is InChI=1S/C22H13F2N3O4/c23-13-4-6-16(18(24)9-13)19(10-25)26-20(28)12-3-5-15-17(8-12)22(30)27(21(15)29)11-14-2-1-7-31-14/h1-9,19H,11H2,(H,26,28). The van der Waals surface area contributed by atoms with Gasteiger partial charge >= 0.3 is 0 Å². The molecular weight excluding hydrogens is 408 g/mol. The number of halogens is 2. The van der Waals surface area contributed by atoms with Gasteiger partial charge in [-0.05, 0) is 36.4 Å². The summed E-state index contributed by atoms with van der Waals surface area (Å²) in [4.78, 5) is 38.8. The van der Waals surface area contributed by atoms with Crippen molar-refractivity contribution >= 4 is 17.7 Å². The molecule has 0 spiro atoms. The second kappa shape index (κ2) is 7.84. The average molecular weight is 421 g/mol. The zero-order valence-corrected chi connectivity index (χ0v) is 15.8. The fourth-order valence-corrected chi connectivity index (χ4v) is 3.26. The first kappa shape index (κ1) is 20.0. The first-order valence-corrected chi connectivity index (χ1v) is 9.07. The third kappa shape index (κ3) is 3.67. The highest BCUT2D eigenvalue weighted by molar-refractivity contribution is 6.22. The Hall–Kier alpha value is -4.32. The third-order valence-corrected chi connectivity index (χ3v) is 4.80. The molecule has 0 bridgehead atoms. The van der Waals surface area contributed by atoms with Crippen LogP contribution in [0.2, 0.25) is 0 Å². The van der Waals surface area contributed by atoms with Crippen LogP contribution in [-0.4, -0.2) is 22.6 Å². The van der Waals surface area contributed by atoms with Crippen LogP contribution >= 0.6 is 0 Å². The maximum Gasteiger partial charge on any atom is 0.261 e. The summed E-state index contributed by atoms with van der Waals surface area (Å²) in [6.07, 6.45) is 1.42. The first-order valence-electron chi connectivity index (χ1n) is 9.07. The van der Waals surface area contributed by atoms with E-state index in [0.29, 0.717) is 11.8 Å². The second-order valence-corrected chi connectivity index (χ2v) is 6.74. The molecule has 9 heteroatoms. The summed E-state index contributed by atoms with van der Waals surface area (Å²) in [5, 5.41) is 11.7.